The van der Waals surface area contributed by atoms with Crippen molar-refractivity contribution in [3.05, 3.63) is 11.6 Å². The first-order chi connectivity index (χ1) is 11.3. The summed E-state index contributed by atoms with van der Waals surface area (Å²) in [4.78, 5) is 12.1. The van der Waals surface area contributed by atoms with Crippen molar-refractivity contribution >= 4 is 6.03 Å². The summed E-state index contributed by atoms with van der Waals surface area (Å²) in [6, 6.07) is -0.106. The Morgan fingerprint density at radius 2 is 2.04 bits per heavy atom. The van der Waals surface area contributed by atoms with Crippen LogP contribution in [0.5, 0.6) is 0 Å². The normalized spacial score (nSPS) is 24.6. The quantitative estimate of drug-likeness (QED) is 0.780. The Hall–Kier alpha value is -1.63. The van der Waals surface area contributed by atoms with E-state index in [0.717, 1.165) is 63.1 Å². The maximum Gasteiger partial charge on any atom is 0.315 e. The van der Waals surface area contributed by atoms with Gasteiger partial charge >= 0.3 is 6.03 Å². The van der Waals surface area contributed by atoms with Crippen LogP contribution < -0.4 is 10.6 Å². The van der Waals surface area contributed by atoms with Crippen molar-refractivity contribution in [1.82, 2.24) is 25.4 Å². The lowest BCUT2D eigenvalue weighted by atomic mass is 9.85. The fourth-order valence-corrected chi connectivity index (χ4v) is 3.67. The van der Waals surface area contributed by atoms with E-state index in [1.165, 1.54) is 6.42 Å². The lowest BCUT2D eigenvalue weighted by molar-refractivity contribution is 0.153. The maximum atomic E-state index is 12.1. The molecule has 1 fully saturated rings. The lowest BCUT2D eigenvalue weighted by Crippen LogP contribution is -2.47. The number of carbonyl (C=O) groups is 1. The molecule has 0 radical (unpaired) electrons. The second-order valence-electron chi connectivity index (χ2n) is 6.66. The van der Waals surface area contributed by atoms with Gasteiger partial charge in [-0.1, -0.05) is 19.3 Å². The smallest absolute Gasteiger partial charge is 0.315 e. The van der Waals surface area contributed by atoms with Crippen LogP contribution >= 0.6 is 0 Å². The van der Waals surface area contributed by atoms with Gasteiger partial charge in [-0.25, -0.2) is 4.79 Å². The van der Waals surface area contributed by atoms with Gasteiger partial charge in [-0.3, -0.25) is 0 Å². The summed E-state index contributed by atoms with van der Waals surface area (Å²) in [5.41, 5.74) is 0. The summed E-state index contributed by atoms with van der Waals surface area (Å²) in [6.07, 6.45) is 8.68. The minimum atomic E-state index is -0.179. The second-order valence-corrected chi connectivity index (χ2v) is 6.66. The first-order valence-electron chi connectivity index (χ1n) is 8.84. The molecule has 3 rings (SSSR count). The average molecular weight is 321 g/mol. The molecule has 2 unspecified atom stereocenters. The van der Waals surface area contributed by atoms with E-state index in [4.69, 9.17) is 0 Å². The Balaban J connectivity index is 1.52. The van der Waals surface area contributed by atoms with E-state index in [0.29, 0.717) is 6.54 Å². The molecule has 0 spiro atoms. The molecule has 1 aliphatic carbocycles. The van der Waals surface area contributed by atoms with Crippen LogP contribution in [-0.4, -0.2) is 38.6 Å². The van der Waals surface area contributed by atoms with Crippen molar-refractivity contribution in [2.75, 3.05) is 6.61 Å². The van der Waals surface area contributed by atoms with E-state index >= 15 is 0 Å². The van der Waals surface area contributed by atoms with Crippen molar-refractivity contribution in [3.8, 4) is 0 Å². The van der Waals surface area contributed by atoms with Crippen LogP contribution in [0.25, 0.3) is 0 Å². The summed E-state index contributed by atoms with van der Waals surface area (Å²) >= 11 is 0. The molecule has 1 aliphatic heterocycles. The largest absolute Gasteiger partial charge is 0.396 e. The first kappa shape index (κ1) is 16.2. The molecule has 1 aromatic heterocycles. The number of urea groups is 1. The average Bonchev–Trinajstić information content (AvgIpc) is 2.80. The van der Waals surface area contributed by atoms with Gasteiger partial charge in [-0.2, -0.15) is 0 Å². The predicted octanol–water partition coefficient (Wildman–Crippen LogP) is 1.35. The topological polar surface area (TPSA) is 92.1 Å². The van der Waals surface area contributed by atoms with Crippen LogP contribution in [0.1, 0.15) is 56.6 Å². The van der Waals surface area contributed by atoms with Crippen molar-refractivity contribution in [2.45, 2.75) is 70.5 Å². The number of carbonyl (C=O) groups excluding carboxylic acids is 1. The van der Waals surface area contributed by atoms with Gasteiger partial charge in [0.25, 0.3) is 0 Å². The molecule has 0 bridgehead atoms. The fourth-order valence-electron chi connectivity index (χ4n) is 3.67. The molecule has 1 saturated carbocycles. The van der Waals surface area contributed by atoms with Crippen molar-refractivity contribution in [1.29, 1.82) is 0 Å². The number of rotatable bonds is 4. The number of aromatic nitrogens is 3. The van der Waals surface area contributed by atoms with Crippen LogP contribution in [0, 0.1) is 5.92 Å². The van der Waals surface area contributed by atoms with E-state index in [1.54, 1.807) is 0 Å². The van der Waals surface area contributed by atoms with E-state index in [-0.39, 0.29) is 24.6 Å². The van der Waals surface area contributed by atoms with Gasteiger partial charge < -0.3 is 20.3 Å². The molecule has 2 amide bonds. The summed E-state index contributed by atoms with van der Waals surface area (Å²) in [5.74, 6) is 2.05. The minimum Gasteiger partial charge on any atom is -0.396 e. The molecule has 128 valence electrons. The van der Waals surface area contributed by atoms with Crippen molar-refractivity contribution < 1.29 is 9.90 Å². The standard InChI is InChI=1S/C16H27N5O2/c22-11-12-6-3-4-7-13(12)18-16(23)17-10-15-20-19-14-8-2-1-5-9-21(14)15/h12-13,22H,1-11H2,(H2,17,18,23). The third-order valence-corrected chi connectivity index (χ3v) is 5.05. The number of aliphatic hydroxyl groups is 1. The molecule has 23 heavy (non-hydrogen) atoms. The number of hydrogen-bond donors (Lipinski definition) is 3. The van der Waals surface area contributed by atoms with Gasteiger partial charge in [0.05, 0.1) is 6.54 Å². The second kappa shape index (κ2) is 7.77. The van der Waals surface area contributed by atoms with Gasteiger partial charge in [-0.05, 0) is 25.7 Å². The highest BCUT2D eigenvalue weighted by atomic mass is 16.3. The molecule has 2 atom stereocenters. The SMILES string of the molecule is O=C(NCc1nnc2n1CCCCC2)NC1CCCCC1CO. The van der Waals surface area contributed by atoms with Crippen molar-refractivity contribution in [3.63, 3.8) is 0 Å². The monoisotopic (exact) mass is 321 g/mol. The van der Waals surface area contributed by atoms with E-state index < -0.39 is 0 Å². The van der Waals surface area contributed by atoms with Crippen molar-refractivity contribution in [2.24, 2.45) is 5.92 Å². The van der Waals surface area contributed by atoms with Crippen LogP contribution in [0.15, 0.2) is 0 Å². The number of nitrogens with one attached hydrogen (secondary N) is 2. The molecule has 2 heterocycles. The molecule has 2 aliphatic rings. The highest BCUT2D eigenvalue weighted by Crippen LogP contribution is 2.23. The van der Waals surface area contributed by atoms with Gasteiger partial charge in [0.15, 0.2) is 5.82 Å². The molecule has 7 heteroatoms. The van der Waals surface area contributed by atoms with Gasteiger partial charge in [0.1, 0.15) is 5.82 Å². The summed E-state index contributed by atoms with van der Waals surface area (Å²) in [7, 11) is 0. The Kier molecular flexibility index (Phi) is 5.48. The molecular formula is C16H27N5O2. The Morgan fingerprint density at radius 3 is 2.91 bits per heavy atom. The van der Waals surface area contributed by atoms with E-state index in [2.05, 4.69) is 25.4 Å². The molecule has 0 aromatic carbocycles. The van der Waals surface area contributed by atoms with Crippen LogP contribution in [0.3, 0.4) is 0 Å². The number of aryl methyl sites for hydroxylation is 1. The Bertz CT molecular complexity index is 531. The number of fused-ring (bicyclic) bond motifs is 1. The molecule has 1 aromatic rings. The van der Waals surface area contributed by atoms with Crippen LogP contribution in [0.2, 0.25) is 0 Å². The zero-order valence-corrected chi connectivity index (χ0v) is 13.6. The Morgan fingerprint density at radius 1 is 1.17 bits per heavy atom. The number of aliphatic hydroxyl groups excluding tert-OH is 1. The van der Waals surface area contributed by atoms with Gasteiger partial charge in [-0.15, -0.1) is 10.2 Å². The summed E-state index contributed by atoms with van der Waals surface area (Å²) in [6.45, 7) is 1.48. The third kappa shape index (κ3) is 4.02. The fraction of sp³-hybridized carbons (Fsp3) is 0.812. The van der Waals surface area contributed by atoms with Gasteiger partial charge in [0, 0.05) is 31.5 Å². The third-order valence-electron chi connectivity index (χ3n) is 5.05. The maximum absolute atomic E-state index is 12.1. The lowest BCUT2D eigenvalue weighted by Gasteiger charge is -2.30. The zero-order valence-electron chi connectivity index (χ0n) is 13.6. The predicted molar refractivity (Wildman–Crippen MR) is 85.8 cm³/mol. The molecular weight excluding hydrogens is 294 g/mol. The molecule has 3 N–H and O–H groups in total. The summed E-state index contributed by atoms with van der Waals surface area (Å²) < 4.78 is 2.14. The molecule has 7 nitrogen and oxygen atoms in total. The highest BCUT2D eigenvalue weighted by molar-refractivity contribution is 5.74. The summed E-state index contributed by atoms with van der Waals surface area (Å²) in [5, 5.41) is 23.8. The molecule has 0 saturated heterocycles. The Labute approximate surface area is 136 Å². The number of nitrogens with zero attached hydrogens (tertiary/aromatic N) is 3. The first-order valence-corrected chi connectivity index (χ1v) is 8.84. The van der Waals surface area contributed by atoms with E-state index in [1.807, 2.05) is 0 Å². The minimum absolute atomic E-state index is 0.0734. The number of amides is 2. The van der Waals surface area contributed by atoms with E-state index in [9.17, 15) is 9.90 Å². The number of hydrogen-bond acceptors (Lipinski definition) is 4. The highest BCUT2D eigenvalue weighted by Gasteiger charge is 2.26. The van der Waals surface area contributed by atoms with Gasteiger partial charge in [0.2, 0.25) is 0 Å². The zero-order chi connectivity index (χ0) is 16.1. The van der Waals surface area contributed by atoms with Crippen LogP contribution in [0.4, 0.5) is 4.79 Å². The van der Waals surface area contributed by atoms with Crippen LogP contribution in [-0.2, 0) is 19.5 Å².